The second-order valence-electron chi connectivity index (χ2n) is 6.42. The molecule has 0 heterocycles. The van der Waals surface area contributed by atoms with Crippen LogP contribution in [0.3, 0.4) is 0 Å². The molecule has 0 aliphatic heterocycles. The summed E-state index contributed by atoms with van der Waals surface area (Å²) in [7, 11) is 1.41. The molecule has 1 fully saturated rings. The van der Waals surface area contributed by atoms with Gasteiger partial charge in [0.25, 0.3) is 0 Å². The van der Waals surface area contributed by atoms with Crippen molar-refractivity contribution < 1.29 is 14.3 Å². The minimum absolute atomic E-state index is 0.0214. The highest BCUT2D eigenvalue weighted by Gasteiger charge is 2.11. The Bertz CT molecular complexity index is 363. The van der Waals surface area contributed by atoms with Crippen molar-refractivity contribution in [2.24, 2.45) is 11.0 Å². The minimum Gasteiger partial charge on any atom is -0.469 e. The van der Waals surface area contributed by atoms with E-state index in [9.17, 15) is 9.59 Å². The van der Waals surface area contributed by atoms with E-state index in [0.717, 1.165) is 38.0 Å². The van der Waals surface area contributed by atoms with Gasteiger partial charge in [0, 0.05) is 19.1 Å². The van der Waals surface area contributed by atoms with E-state index < -0.39 is 0 Å². The third-order valence-electron chi connectivity index (χ3n) is 4.47. The lowest BCUT2D eigenvalue weighted by Crippen LogP contribution is -2.17. The fourth-order valence-electron chi connectivity index (χ4n) is 3.03. The Hall–Kier alpha value is -1.39. The highest BCUT2D eigenvalue weighted by atomic mass is 16.5. The van der Waals surface area contributed by atoms with E-state index in [0.29, 0.717) is 12.8 Å². The van der Waals surface area contributed by atoms with Gasteiger partial charge in [-0.05, 0) is 31.6 Å². The molecule has 0 spiro atoms. The zero-order chi connectivity index (χ0) is 16.8. The van der Waals surface area contributed by atoms with Crippen LogP contribution in [0.1, 0.15) is 83.5 Å². The molecule has 0 unspecified atom stereocenters. The van der Waals surface area contributed by atoms with Crippen LogP contribution in [0.25, 0.3) is 0 Å². The van der Waals surface area contributed by atoms with E-state index in [4.69, 9.17) is 0 Å². The normalized spacial score (nSPS) is 15.7. The van der Waals surface area contributed by atoms with Crippen LogP contribution in [0.2, 0.25) is 0 Å². The van der Waals surface area contributed by atoms with Crippen molar-refractivity contribution in [2.45, 2.75) is 83.5 Å². The van der Waals surface area contributed by atoms with E-state index in [-0.39, 0.29) is 11.9 Å². The molecular weight excluding hydrogens is 292 g/mol. The SMILES string of the molecule is COC(=O)CCCCCCC(=O)N/N=C/CCC1CCCCC1. The molecule has 0 saturated heterocycles. The summed E-state index contributed by atoms with van der Waals surface area (Å²) in [6, 6.07) is 0. The molecular formula is C18H32N2O3. The maximum atomic E-state index is 11.6. The lowest BCUT2D eigenvalue weighted by molar-refractivity contribution is -0.140. The quantitative estimate of drug-likeness (QED) is 0.271. The number of ether oxygens (including phenoxy) is 1. The van der Waals surface area contributed by atoms with E-state index in [1.165, 1.54) is 45.6 Å². The predicted molar refractivity (Wildman–Crippen MR) is 92.2 cm³/mol. The Balaban J connectivity index is 1.91. The Morgan fingerprint density at radius 3 is 2.48 bits per heavy atom. The molecule has 0 aromatic heterocycles. The van der Waals surface area contributed by atoms with E-state index in [1.807, 2.05) is 6.21 Å². The largest absolute Gasteiger partial charge is 0.469 e. The number of methoxy groups -OCH3 is 1. The number of carbonyl (C=O) groups is 2. The molecule has 0 bridgehead atoms. The molecule has 132 valence electrons. The van der Waals surface area contributed by atoms with Crippen LogP contribution >= 0.6 is 0 Å². The van der Waals surface area contributed by atoms with E-state index in [1.54, 1.807) is 0 Å². The second-order valence-corrected chi connectivity index (χ2v) is 6.42. The van der Waals surface area contributed by atoms with Crippen LogP contribution in [-0.4, -0.2) is 25.2 Å². The van der Waals surface area contributed by atoms with Gasteiger partial charge in [-0.1, -0.05) is 44.9 Å². The molecule has 0 atom stereocenters. The molecule has 1 rings (SSSR count). The molecule has 5 heteroatoms. The fraction of sp³-hybridized carbons (Fsp3) is 0.833. The molecule has 0 aromatic rings. The summed E-state index contributed by atoms with van der Waals surface area (Å²) in [5.41, 5.74) is 2.60. The van der Waals surface area contributed by atoms with Crippen LogP contribution in [0, 0.1) is 5.92 Å². The van der Waals surface area contributed by atoms with Gasteiger partial charge in [-0.2, -0.15) is 5.10 Å². The molecule has 23 heavy (non-hydrogen) atoms. The minimum atomic E-state index is -0.162. The summed E-state index contributed by atoms with van der Waals surface area (Å²) >= 11 is 0. The number of amides is 1. The molecule has 1 saturated carbocycles. The summed E-state index contributed by atoms with van der Waals surface area (Å²) in [5.74, 6) is 0.674. The number of rotatable bonds is 11. The van der Waals surface area contributed by atoms with Crippen molar-refractivity contribution in [3.8, 4) is 0 Å². The number of hydrazone groups is 1. The standard InChI is InChI=1S/C18H32N2O3/c1-23-18(22)14-8-3-2-7-13-17(21)20-19-15-9-12-16-10-5-4-6-11-16/h15-16H,2-14H2,1H3,(H,20,21)/b19-15+. The van der Waals surface area contributed by atoms with Crippen molar-refractivity contribution in [3.63, 3.8) is 0 Å². The van der Waals surface area contributed by atoms with Gasteiger partial charge in [0.15, 0.2) is 0 Å². The van der Waals surface area contributed by atoms with Gasteiger partial charge in [0.05, 0.1) is 7.11 Å². The first-order valence-electron chi connectivity index (χ1n) is 9.09. The number of esters is 1. The first kappa shape index (κ1) is 19.7. The van der Waals surface area contributed by atoms with Crippen molar-refractivity contribution in [1.82, 2.24) is 5.43 Å². The average molecular weight is 324 g/mol. The lowest BCUT2D eigenvalue weighted by Gasteiger charge is -2.20. The molecule has 0 radical (unpaired) electrons. The Kier molecular flexibility index (Phi) is 11.2. The van der Waals surface area contributed by atoms with E-state index in [2.05, 4.69) is 15.3 Å². The highest BCUT2D eigenvalue weighted by Crippen LogP contribution is 2.26. The first-order chi connectivity index (χ1) is 11.2. The summed E-state index contributed by atoms with van der Waals surface area (Å²) in [4.78, 5) is 22.5. The van der Waals surface area contributed by atoms with Crippen molar-refractivity contribution in [1.29, 1.82) is 0 Å². The average Bonchev–Trinajstić information content (AvgIpc) is 2.58. The monoisotopic (exact) mass is 324 g/mol. The molecule has 1 amide bonds. The first-order valence-corrected chi connectivity index (χ1v) is 9.09. The summed E-state index contributed by atoms with van der Waals surface area (Å²) in [6.45, 7) is 0. The van der Waals surface area contributed by atoms with Crippen molar-refractivity contribution >= 4 is 18.1 Å². The van der Waals surface area contributed by atoms with Crippen LogP contribution in [0.15, 0.2) is 5.10 Å². The number of hydrogen-bond donors (Lipinski definition) is 1. The maximum Gasteiger partial charge on any atom is 0.305 e. The topological polar surface area (TPSA) is 67.8 Å². The molecule has 5 nitrogen and oxygen atoms in total. The number of carbonyl (C=O) groups excluding carboxylic acids is 2. The molecule has 0 aromatic carbocycles. The van der Waals surface area contributed by atoms with E-state index >= 15 is 0 Å². The summed E-state index contributed by atoms with van der Waals surface area (Å²) in [6.07, 6.45) is 15.4. The van der Waals surface area contributed by atoms with Gasteiger partial charge in [-0.25, -0.2) is 5.43 Å². The molecule has 1 N–H and O–H groups in total. The zero-order valence-corrected chi connectivity index (χ0v) is 14.5. The third kappa shape index (κ3) is 10.9. The number of nitrogens with one attached hydrogen (secondary N) is 1. The number of nitrogens with zero attached hydrogens (tertiary/aromatic N) is 1. The highest BCUT2D eigenvalue weighted by molar-refractivity contribution is 5.76. The Labute approximate surface area is 140 Å². The fourth-order valence-corrected chi connectivity index (χ4v) is 3.03. The predicted octanol–water partition coefficient (Wildman–Crippen LogP) is 3.96. The van der Waals surface area contributed by atoms with Crippen LogP contribution < -0.4 is 5.43 Å². The van der Waals surface area contributed by atoms with Gasteiger partial charge < -0.3 is 4.74 Å². The van der Waals surface area contributed by atoms with Crippen LogP contribution in [0.4, 0.5) is 0 Å². The maximum absolute atomic E-state index is 11.6. The number of unbranched alkanes of at least 4 members (excludes halogenated alkanes) is 3. The number of hydrogen-bond acceptors (Lipinski definition) is 4. The van der Waals surface area contributed by atoms with Crippen LogP contribution in [-0.2, 0) is 14.3 Å². The third-order valence-corrected chi connectivity index (χ3v) is 4.47. The van der Waals surface area contributed by atoms with Crippen molar-refractivity contribution in [2.75, 3.05) is 7.11 Å². The Morgan fingerprint density at radius 1 is 1.09 bits per heavy atom. The van der Waals surface area contributed by atoms with Gasteiger partial charge >= 0.3 is 5.97 Å². The molecule has 1 aliphatic rings. The zero-order valence-electron chi connectivity index (χ0n) is 14.5. The second kappa shape index (κ2) is 13.1. The lowest BCUT2D eigenvalue weighted by atomic mass is 9.86. The van der Waals surface area contributed by atoms with Crippen molar-refractivity contribution in [3.05, 3.63) is 0 Å². The summed E-state index contributed by atoms with van der Waals surface area (Å²) in [5, 5.41) is 4.02. The summed E-state index contributed by atoms with van der Waals surface area (Å²) < 4.78 is 4.58. The van der Waals surface area contributed by atoms with Gasteiger partial charge in [-0.3, -0.25) is 9.59 Å². The molecule has 1 aliphatic carbocycles. The van der Waals surface area contributed by atoms with Gasteiger partial charge in [0.2, 0.25) is 5.91 Å². The van der Waals surface area contributed by atoms with Gasteiger partial charge in [-0.15, -0.1) is 0 Å². The van der Waals surface area contributed by atoms with Crippen LogP contribution in [0.5, 0.6) is 0 Å². The van der Waals surface area contributed by atoms with Gasteiger partial charge in [0.1, 0.15) is 0 Å². The smallest absolute Gasteiger partial charge is 0.305 e. The Morgan fingerprint density at radius 2 is 1.78 bits per heavy atom.